The molecule has 11 aromatic heterocycles. The quantitative estimate of drug-likeness (QED) is 0.107. The van der Waals surface area contributed by atoms with Crippen LogP contribution in [0.4, 0.5) is 40.7 Å². The standard InChI is InChI=1S/C10H8N4.C9H9N5O.C9H7N5.C8H8N6O.C8H6N6.C5H6N4.C4H4N4/c11-6-8-7-13-14(10(8)12)9-4-2-1-3-5-9;10-8-6(9(11)15)5-13-14(8)7-3-1-2-4-12-7;10-5-7-6-13-14(9(7)11)8-3-1-2-4-12-8;9-6-5(7(10)15)4-13-14(6)8-11-2-1-3-12-8;9-4-6-5-13-14(7(6)10)8-11-2-1-3-12-8;1-9-5(7)4(2-6)3-8-9;5-1-3-2-7-8-4(3)6/h1-5,7H,12H2;1-5H,10H2,(H2,11,15);1-4,6H,11H2;1-4H,9H2,(H2,10,15);1-3,5H,10H2;3H,7H2,1H3;2H,(H3,6,7,8). The third-order valence-corrected chi connectivity index (χ3v) is 11.0. The lowest BCUT2D eigenvalue weighted by atomic mass is 10.3. The summed E-state index contributed by atoms with van der Waals surface area (Å²) < 4.78 is 8.36. The van der Waals surface area contributed by atoms with Crippen molar-refractivity contribution in [1.82, 2.24) is 98.8 Å². The van der Waals surface area contributed by atoms with Gasteiger partial charge in [0.05, 0.1) is 49.1 Å². The molecule has 0 saturated carbocycles. The molecule has 2 amide bonds. The van der Waals surface area contributed by atoms with Crippen LogP contribution in [0.3, 0.4) is 0 Å². The molecule has 0 atom stereocenters. The van der Waals surface area contributed by atoms with Crippen LogP contribution in [0.2, 0.25) is 0 Å². The summed E-state index contributed by atoms with van der Waals surface area (Å²) in [6, 6.07) is 33.1. The van der Waals surface area contributed by atoms with Gasteiger partial charge in [0.15, 0.2) is 11.6 Å². The number of benzene rings is 1. The number of nitrogens with zero attached hydrogens (tertiary/aromatic N) is 24. The van der Waals surface area contributed by atoms with Gasteiger partial charge in [0, 0.05) is 44.2 Å². The van der Waals surface area contributed by atoms with Gasteiger partial charge in [0.2, 0.25) is 0 Å². The molecule has 1 aromatic carbocycles. The van der Waals surface area contributed by atoms with Gasteiger partial charge in [-0.2, -0.15) is 80.7 Å². The maximum Gasteiger partial charge on any atom is 0.254 e. The highest BCUT2D eigenvalue weighted by atomic mass is 16.1. The van der Waals surface area contributed by atoms with Crippen LogP contribution >= 0.6 is 0 Å². The van der Waals surface area contributed by atoms with Crippen molar-refractivity contribution in [1.29, 1.82) is 26.3 Å². The Balaban J connectivity index is 0.000000167. The van der Waals surface area contributed by atoms with E-state index in [0.717, 1.165) is 5.69 Å². The zero-order valence-electron chi connectivity index (χ0n) is 46.3. The second kappa shape index (κ2) is 30.8. The lowest BCUT2D eigenvalue weighted by Crippen LogP contribution is -2.14. The molecule has 0 bridgehead atoms. The van der Waals surface area contributed by atoms with E-state index in [4.69, 9.17) is 77.9 Å². The van der Waals surface area contributed by atoms with E-state index in [1.165, 1.54) is 66.8 Å². The summed E-state index contributed by atoms with van der Waals surface area (Å²) in [6.45, 7) is 0. The summed E-state index contributed by atoms with van der Waals surface area (Å²) in [7, 11) is 1.69. The van der Waals surface area contributed by atoms with E-state index in [0.29, 0.717) is 74.6 Å². The topological polar surface area (TPSA) is 600 Å². The van der Waals surface area contributed by atoms with Crippen LogP contribution in [-0.4, -0.2) is 111 Å². The first-order valence-corrected chi connectivity index (χ1v) is 24.7. The Hall–Kier alpha value is -14.9. The number of hydrogen-bond acceptors (Lipinski definition) is 27. The number of pyridine rings is 2. The fourth-order valence-corrected chi connectivity index (χ4v) is 6.56. The van der Waals surface area contributed by atoms with Crippen LogP contribution < -0.4 is 51.6 Å². The lowest BCUT2D eigenvalue weighted by Gasteiger charge is -2.02. The number of carbonyl (C=O) groups excluding carboxylic acids is 2. The molecule has 12 rings (SSSR count). The summed E-state index contributed by atoms with van der Waals surface area (Å²) in [6.07, 6.45) is 19.2. The monoisotopic (exact) mass is 1190 g/mol. The predicted molar refractivity (Wildman–Crippen MR) is 318 cm³/mol. The van der Waals surface area contributed by atoms with Gasteiger partial charge in [0.1, 0.15) is 110 Å². The van der Waals surface area contributed by atoms with E-state index in [1.807, 2.05) is 66.7 Å². The Labute approximate surface area is 502 Å². The van der Waals surface area contributed by atoms with Crippen molar-refractivity contribution in [3.63, 3.8) is 0 Å². The fraction of sp³-hybridized carbons (Fsp3) is 0.0189. The molecule has 0 saturated heterocycles. The van der Waals surface area contributed by atoms with Crippen molar-refractivity contribution < 1.29 is 9.59 Å². The largest absolute Gasteiger partial charge is 0.383 e. The lowest BCUT2D eigenvalue weighted by molar-refractivity contribution is 0.0992. The second-order valence-corrected chi connectivity index (χ2v) is 16.6. The zero-order valence-corrected chi connectivity index (χ0v) is 46.3. The molecule has 11 heterocycles. The molecule has 36 nitrogen and oxygen atoms in total. The van der Waals surface area contributed by atoms with Crippen LogP contribution in [-0.2, 0) is 7.05 Å². The van der Waals surface area contributed by atoms with E-state index in [2.05, 4.69) is 70.7 Å². The number of primary amides is 2. The first-order valence-electron chi connectivity index (χ1n) is 24.7. The summed E-state index contributed by atoms with van der Waals surface area (Å²) >= 11 is 0. The van der Waals surface area contributed by atoms with Gasteiger partial charge < -0.3 is 51.6 Å². The molecule has 0 aliphatic carbocycles. The normalized spacial score (nSPS) is 9.62. The maximum atomic E-state index is 10.9. The van der Waals surface area contributed by atoms with Crippen molar-refractivity contribution in [2.45, 2.75) is 0 Å². The number of carbonyl (C=O) groups is 2. The highest BCUT2D eigenvalue weighted by molar-refractivity contribution is 5.97. The second-order valence-electron chi connectivity index (χ2n) is 16.6. The average molecular weight is 1190 g/mol. The summed E-state index contributed by atoms with van der Waals surface area (Å²) in [4.78, 5) is 45.8. The maximum absolute atomic E-state index is 10.9. The van der Waals surface area contributed by atoms with Gasteiger partial charge in [-0.1, -0.05) is 30.3 Å². The highest BCUT2D eigenvalue weighted by Gasteiger charge is 2.16. The average Bonchev–Trinajstić information content (AvgIpc) is 4.62. The third-order valence-electron chi connectivity index (χ3n) is 11.0. The Morgan fingerprint density at radius 3 is 1.12 bits per heavy atom. The Morgan fingerprint density at radius 1 is 0.393 bits per heavy atom. The number of rotatable bonds is 7. The first kappa shape index (κ1) is 63.3. The Bertz CT molecular complexity index is 4170. The number of amides is 2. The van der Waals surface area contributed by atoms with E-state index in [-0.39, 0.29) is 28.6 Å². The van der Waals surface area contributed by atoms with Gasteiger partial charge in [-0.15, -0.1) is 0 Å². The summed E-state index contributed by atoms with van der Waals surface area (Å²) in [5.41, 5.74) is 52.3. The molecule has 0 spiro atoms. The van der Waals surface area contributed by atoms with E-state index >= 15 is 0 Å². The fourth-order valence-electron chi connectivity index (χ4n) is 6.56. The molecule has 0 fully saturated rings. The minimum Gasteiger partial charge on any atom is -0.383 e. The number of aromatic amines is 1. The number of para-hydroxylation sites is 1. The van der Waals surface area contributed by atoms with Gasteiger partial charge >= 0.3 is 0 Å². The number of H-pyrrole nitrogens is 1. The number of nitrogens with one attached hydrogen (secondary N) is 1. The van der Waals surface area contributed by atoms with Gasteiger partial charge in [0.25, 0.3) is 23.7 Å². The SMILES string of the molecule is Cn1ncc(C#N)c1N.N#Cc1cn[nH]c1N.N#Cc1cnn(-c2ccccc2)c1N.N#Cc1cnn(-c2ccccn2)c1N.N#Cc1cnn(-c2ncccn2)c1N.NC(=O)c1cnn(-c2ccccn2)c1N.NC(=O)c1cnn(-c2ncccn2)c1N. The van der Waals surface area contributed by atoms with Crippen LogP contribution in [0.25, 0.3) is 29.2 Å². The number of anilines is 7. The number of aromatic nitrogens is 20. The van der Waals surface area contributed by atoms with Crippen molar-refractivity contribution in [3.05, 3.63) is 198 Å². The zero-order chi connectivity index (χ0) is 64.4. The molecule has 36 heteroatoms. The van der Waals surface area contributed by atoms with Gasteiger partial charge in [-0.25, -0.2) is 34.6 Å². The van der Waals surface area contributed by atoms with Crippen LogP contribution in [0.5, 0.6) is 0 Å². The van der Waals surface area contributed by atoms with Crippen molar-refractivity contribution in [2.75, 3.05) is 40.1 Å². The number of aryl methyl sites for hydroxylation is 1. The summed E-state index contributed by atoms with van der Waals surface area (Å²) in [5, 5.41) is 72.0. The molecule has 0 radical (unpaired) electrons. The minimum atomic E-state index is -0.630. The van der Waals surface area contributed by atoms with Crippen molar-refractivity contribution in [3.8, 4) is 59.6 Å². The Morgan fingerprint density at radius 2 is 0.753 bits per heavy atom. The first-order chi connectivity index (χ1) is 43.0. The highest BCUT2D eigenvalue weighted by Crippen LogP contribution is 2.18. The van der Waals surface area contributed by atoms with E-state index in [9.17, 15) is 9.59 Å². The predicted octanol–water partition coefficient (Wildman–Crippen LogP) is 1.19. The van der Waals surface area contributed by atoms with Crippen molar-refractivity contribution in [2.24, 2.45) is 18.5 Å². The molecule has 19 N–H and O–H groups in total. The minimum absolute atomic E-state index is 0.133. The van der Waals surface area contributed by atoms with Gasteiger partial charge in [-0.05, 0) is 48.5 Å². The number of nitriles is 5. The van der Waals surface area contributed by atoms with E-state index in [1.54, 1.807) is 91.4 Å². The van der Waals surface area contributed by atoms with E-state index < -0.39 is 11.8 Å². The molecule has 89 heavy (non-hydrogen) atoms. The molecular weight excluding hydrogens is 1140 g/mol. The molecular formula is C53H48N34O2. The summed E-state index contributed by atoms with van der Waals surface area (Å²) in [5.74, 6) is 2.57. The number of nitrogens with two attached hydrogens (primary N) is 9. The molecule has 442 valence electrons. The van der Waals surface area contributed by atoms with Crippen LogP contribution in [0.15, 0.2) is 159 Å². The number of nitrogen functional groups attached to an aromatic ring is 7. The van der Waals surface area contributed by atoms with Gasteiger partial charge in [-0.3, -0.25) is 19.4 Å². The molecule has 0 aliphatic rings. The van der Waals surface area contributed by atoms with Crippen LogP contribution in [0.1, 0.15) is 48.5 Å². The Kier molecular flexibility index (Phi) is 21.9. The third kappa shape index (κ3) is 16.2. The molecule has 0 unspecified atom stereocenters. The smallest absolute Gasteiger partial charge is 0.254 e. The number of hydrogen-bond donors (Lipinski definition) is 10. The van der Waals surface area contributed by atoms with Crippen LogP contribution in [0, 0.1) is 56.7 Å². The molecule has 0 aliphatic heterocycles. The molecule has 12 aromatic rings. The van der Waals surface area contributed by atoms with Crippen molar-refractivity contribution >= 4 is 52.5 Å².